The summed E-state index contributed by atoms with van der Waals surface area (Å²) in [4.78, 5) is 3.33. The fraction of sp³-hybridized carbons (Fsp3) is 1.00. The van der Waals surface area contributed by atoms with Gasteiger partial charge in [0.15, 0.2) is 0 Å². The second-order valence-electron chi connectivity index (χ2n) is 3.88. The number of hydrogen-bond acceptors (Lipinski definition) is 3. The van der Waals surface area contributed by atoms with Gasteiger partial charge >= 0.3 is 33.0 Å². The van der Waals surface area contributed by atoms with Crippen molar-refractivity contribution >= 4 is 7.81 Å². The van der Waals surface area contributed by atoms with Gasteiger partial charge in [-0.15, -0.1) is 0 Å². The summed E-state index contributed by atoms with van der Waals surface area (Å²) in [5.41, 5.74) is 0. The summed E-state index contributed by atoms with van der Waals surface area (Å²) in [5.74, 6) is 0. The van der Waals surface area contributed by atoms with Gasteiger partial charge in [-0.2, -0.15) is 0 Å². The number of hydrogen-bond donors (Lipinski definition) is 0. The molecule has 1 saturated heterocycles. The van der Waals surface area contributed by atoms with E-state index < -0.39 is 14.2 Å². The summed E-state index contributed by atoms with van der Waals surface area (Å²) >= 11 is 0. The maximum atomic E-state index is 13.2. The molecule has 114 valence electrons. The zero-order valence-electron chi connectivity index (χ0n) is 9.80. The van der Waals surface area contributed by atoms with Crippen LogP contribution in [0.2, 0.25) is 0 Å². The molecule has 11 heteroatoms. The molecule has 18 heavy (non-hydrogen) atoms. The summed E-state index contributed by atoms with van der Waals surface area (Å²) in [6, 6.07) is 0. The van der Waals surface area contributed by atoms with Crippen molar-refractivity contribution in [2.75, 3.05) is 40.4 Å². The van der Waals surface area contributed by atoms with Crippen molar-refractivity contribution in [2.45, 2.75) is 6.42 Å². The summed E-state index contributed by atoms with van der Waals surface area (Å²) < 4.78 is 77.5. The third kappa shape index (κ3) is 13.9. The third-order valence-corrected chi connectivity index (χ3v) is 1.77. The monoisotopic (exact) mass is 307 g/mol. The molecule has 0 aliphatic carbocycles. The molecular formula is C7H15F7N2OP-. The second-order valence-corrected chi connectivity index (χ2v) is 5.80. The van der Waals surface area contributed by atoms with E-state index in [4.69, 9.17) is 4.74 Å². The molecule has 1 fully saturated rings. The Morgan fingerprint density at radius 2 is 1.33 bits per heavy atom. The predicted octanol–water partition coefficient (Wildman–Crippen LogP) is 3.52. The van der Waals surface area contributed by atoms with Crippen LogP contribution in [0.15, 0.2) is 0 Å². The van der Waals surface area contributed by atoms with Crippen molar-refractivity contribution in [1.82, 2.24) is 9.80 Å². The molecule has 1 aliphatic heterocycles. The Morgan fingerprint density at radius 1 is 1.00 bits per heavy atom. The van der Waals surface area contributed by atoms with Crippen LogP contribution in [-0.2, 0) is 4.74 Å². The van der Waals surface area contributed by atoms with Crippen LogP contribution in [-0.4, -0.2) is 56.6 Å². The normalized spacial score (nSPS) is 23.7. The Hall–Kier alpha value is -0.180. The molecular weight excluding hydrogens is 292 g/mol. The zero-order chi connectivity index (χ0) is 14.7. The van der Waals surface area contributed by atoms with Crippen molar-refractivity contribution in [2.24, 2.45) is 0 Å². The van der Waals surface area contributed by atoms with Crippen LogP contribution in [0.4, 0.5) is 29.6 Å². The number of alkyl halides is 1. The van der Waals surface area contributed by atoms with Crippen LogP contribution < -0.4 is 0 Å². The van der Waals surface area contributed by atoms with E-state index in [2.05, 4.69) is 0 Å². The molecule has 1 rings (SSSR count). The van der Waals surface area contributed by atoms with Gasteiger partial charge < -0.3 is 4.74 Å². The van der Waals surface area contributed by atoms with E-state index in [-0.39, 0.29) is 0 Å². The molecule has 0 spiro atoms. The van der Waals surface area contributed by atoms with Crippen molar-refractivity contribution in [3.05, 3.63) is 0 Å². The number of nitrogens with zero attached hydrogens (tertiary/aromatic N) is 2. The van der Waals surface area contributed by atoms with E-state index in [0.29, 0.717) is 26.3 Å². The SMILES string of the molecule is CN(C)C(F)N1CCOCC1.F[P-](F)(F)(F)(F)F. The van der Waals surface area contributed by atoms with Crippen LogP contribution in [0.3, 0.4) is 0 Å². The Morgan fingerprint density at radius 3 is 1.61 bits per heavy atom. The zero-order valence-corrected chi connectivity index (χ0v) is 10.7. The Balaban J connectivity index is 0.000000360. The first kappa shape index (κ1) is 17.8. The molecule has 1 aliphatic rings. The van der Waals surface area contributed by atoms with E-state index in [1.54, 1.807) is 23.9 Å². The Bertz CT molecular complexity index is 249. The second kappa shape index (κ2) is 5.07. The average molecular weight is 307 g/mol. The van der Waals surface area contributed by atoms with Gasteiger partial charge in [-0.25, -0.2) is 4.39 Å². The van der Waals surface area contributed by atoms with Crippen molar-refractivity contribution in [1.29, 1.82) is 0 Å². The van der Waals surface area contributed by atoms with E-state index in [9.17, 15) is 29.6 Å². The molecule has 0 radical (unpaired) electrons. The number of halogens is 7. The summed E-state index contributed by atoms with van der Waals surface area (Å²) in [5, 5.41) is 0. The standard InChI is InChI=1S/C7H15FN2O.F6P/c1-9(2)7(8)10-3-5-11-6-4-10;1-7(2,3,4,5)6/h7H,3-6H2,1-2H3;/q;-1. The minimum absolute atomic E-state index is 0.647. The van der Waals surface area contributed by atoms with Crippen molar-refractivity contribution in [3.8, 4) is 0 Å². The van der Waals surface area contributed by atoms with Crippen LogP contribution in [0.25, 0.3) is 0 Å². The van der Waals surface area contributed by atoms with Gasteiger partial charge in [0.2, 0.25) is 6.42 Å². The third-order valence-electron chi connectivity index (χ3n) is 1.77. The molecule has 0 N–H and O–H groups in total. The molecule has 0 saturated carbocycles. The number of morpholine rings is 1. The molecule has 0 bridgehead atoms. The van der Waals surface area contributed by atoms with Gasteiger partial charge in [-0.05, 0) is 14.1 Å². The molecule has 0 aromatic rings. The van der Waals surface area contributed by atoms with Gasteiger partial charge in [0, 0.05) is 13.1 Å². The fourth-order valence-corrected chi connectivity index (χ4v) is 1.12. The van der Waals surface area contributed by atoms with Gasteiger partial charge in [0.25, 0.3) is 0 Å². The van der Waals surface area contributed by atoms with E-state index >= 15 is 0 Å². The fourth-order valence-electron chi connectivity index (χ4n) is 1.12. The molecule has 3 nitrogen and oxygen atoms in total. The van der Waals surface area contributed by atoms with Crippen LogP contribution >= 0.6 is 7.81 Å². The summed E-state index contributed by atoms with van der Waals surface area (Å²) in [6.07, 6.45) is -0.959. The minimum atomic E-state index is -10.7. The molecule has 0 aromatic heterocycles. The van der Waals surface area contributed by atoms with E-state index in [1.807, 2.05) is 0 Å². The van der Waals surface area contributed by atoms with Crippen molar-refractivity contribution in [3.63, 3.8) is 0 Å². The molecule has 0 amide bonds. The van der Waals surface area contributed by atoms with Gasteiger partial charge in [0.05, 0.1) is 13.2 Å². The number of rotatable bonds is 2. The molecule has 1 unspecified atom stereocenters. The quantitative estimate of drug-likeness (QED) is 0.441. The van der Waals surface area contributed by atoms with E-state index in [0.717, 1.165) is 0 Å². The first-order valence-corrected chi connectivity index (χ1v) is 6.88. The molecule has 1 atom stereocenters. The van der Waals surface area contributed by atoms with Crippen LogP contribution in [0, 0.1) is 0 Å². The van der Waals surface area contributed by atoms with Gasteiger partial charge in [0.1, 0.15) is 0 Å². The van der Waals surface area contributed by atoms with Crippen molar-refractivity contribution < 1.29 is 34.3 Å². The summed E-state index contributed by atoms with van der Waals surface area (Å²) in [6.45, 7) is 2.68. The Labute approximate surface area is 99.7 Å². The van der Waals surface area contributed by atoms with Gasteiger partial charge in [-0.1, -0.05) is 0 Å². The average Bonchev–Trinajstić information content (AvgIpc) is 2.13. The topological polar surface area (TPSA) is 15.7 Å². The van der Waals surface area contributed by atoms with Gasteiger partial charge in [-0.3, -0.25) is 9.80 Å². The Kier molecular flexibility index (Phi) is 5.02. The predicted molar refractivity (Wildman–Crippen MR) is 54.5 cm³/mol. The maximum absolute atomic E-state index is 13.2. The molecule has 1 heterocycles. The van der Waals surface area contributed by atoms with E-state index in [1.165, 1.54) is 0 Å². The van der Waals surface area contributed by atoms with Crippen LogP contribution in [0.5, 0.6) is 0 Å². The van der Waals surface area contributed by atoms with Crippen LogP contribution in [0.1, 0.15) is 0 Å². The first-order chi connectivity index (χ1) is 7.66. The molecule has 0 aromatic carbocycles. The number of ether oxygens (including phenoxy) is 1. The summed E-state index contributed by atoms with van der Waals surface area (Å²) in [7, 11) is -7.18. The first-order valence-electron chi connectivity index (χ1n) is 4.85.